The molecule has 0 amide bonds. The van der Waals surface area contributed by atoms with Crippen LogP contribution in [0.2, 0.25) is 0 Å². The van der Waals surface area contributed by atoms with E-state index in [1.165, 1.54) is 0 Å². The zero-order chi connectivity index (χ0) is 9.00. The molecule has 8 nitrogen and oxygen atoms in total. The van der Waals surface area contributed by atoms with E-state index >= 15 is 0 Å². The normalized spacial score (nSPS) is 10.9. The maximum absolute atomic E-state index is 8.49. The van der Waals surface area contributed by atoms with Crippen molar-refractivity contribution < 1.29 is 57.8 Å². The average molecular weight is 208 g/mol. The minimum Gasteiger partial charge on any atom is -0.222 e. The van der Waals surface area contributed by atoms with Gasteiger partial charge in [0.15, 0.2) is 0 Å². The van der Waals surface area contributed by atoms with E-state index in [-0.39, 0.29) is 10.1 Å². The van der Waals surface area contributed by atoms with Crippen LogP contribution in [0, 0.1) is 20.5 Å². The summed E-state index contributed by atoms with van der Waals surface area (Å²) in [6, 6.07) is 0. The quantitative estimate of drug-likeness (QED) is 0.350. The summed E-state index contributed by atoms with van der Waals surface area (Å²) in [5, 5.41) is 0. The molecule has 0 aliphatic rings. The Labute approximate surface area is 68.6 Å². The molecule has 11 heavy (non-hydrogen) atoms. The minimum absolute atomic E-state index is 0. The van der Waals surface area contributed by atoms with E-state index in [4.69, 9.17) is 37.3 Å². The maximum atomic E-state index is 8.49. The Hall–Kier alpha value is 0.429. The van der Waals surface area contributed by atoms with Crippen molar-refractivity contribution in [2.75, 3.05) is 0 Å². The number of halogens is 2. The molecule has 0 aromatic carbocycles. The van der Waals surface area contributed by atoms with Crippen LogP contribution in [0.1, 0.15) is 0 Å². The van der Waals surface area contributed by atoms with Crippen molar-refractivity contribution in [1.29, 1.82) is 0 Å². The van der Waals surface area contributed by atoms with E-state index < -0.39 is 20.5 Å². The van der Waals surface area contributed by atoms with Crippen LogP contribution in [0.25, 0.3) is 0 Å². The van der Waals surface area contributed by atoms with Crippen LogP contribution in [0.4, 0.5) is 0 Å². The molecule has 0 fully saturated rings. The Kier molecular flexibility index (Phi) is 9.55. The Morgan fingerprint density at radius 1 is 0.455 bits per heavy atom. The summed E-state index contributed by atoms with van der Waals surface area (Å²) in [5.74, 6) is 0. The van der Waals surface area contributed by atoms with Gasteiger partial charge in [-0.3, -0.25) is 0 Å². The van der Waals surface area contributed by atoms with Crippen molar-refractivity contribution in [2.45, 2.75) is 0 Å². The van der Waals surface area contributed by atoms with Gasteiger partial charge in [-0.05, 0) is 0 Å². The smallest absolute Gasteiger partial charge is 0.222 e. The van der Waals surface area contributed by atoms with Gasteiger partial charge in [-0.25, -0.2) is 37.3 Å². The van der Waals surface area contributed by atoms with Gasteiger partial charge in [0.2, 0.25) is 0 Å². The van der Waals surface area contributed by atoms with Gasteiger partial charge >= 0.3 is 10.1 Å². The number of hydrogen-bond acceptors (Lipinski definition) is 8. The van der Waals surface area contributed by atoms with Gasteiger partial charge in [0, 0.05) is 0 Å². The second-order valence-corrected chi connectivity index (χ2v) is 2.27. The topological polar surface area (TPSA) is 184 Å². The van der Waals surface area contributed by atoms with Gasteiger partial charge in [0.25, 0.3) is 0 Å². The molecule has 0 unspecified atom stereocenters. The molecule has 0 atom stereocenters. The van der Waals surface area contributed by atoms with Crippen LogP contribution in [0.5, 0.6) is 0 Å². The Morgan fingerprint density at radius 3 is 0.455 bits per heavy atom. The molecule has 0 bridgehead atoms. The molecule has 0 saturated heterocycles. The summed E-state index contributed by atoms with van der Waals surface area (Å²) >= 11 is 0. The van der Waals surface area contributed by atoms with Crippen molar-refractivity contribution in [2.24, 2.45) is 0 Å². The molecule has 0 aliphatic heterocycles. The fourth-order valence-electron chi connectivity index (χ4n) is 0. The van der Waals surface area contributed by atoms with E-state index in [0.29, 0.717) is 0 Å². The molecule has 64 valence electrons. The predicted molar refractivity (Wildman–Crippen MR) is 5.75 cm³/mol. The summed E-state index contributed by atoms with van der Waals surface area (Å²) in [4.78, 5) is 0. The van der Waals surface area contributed by atoms with Crippen molar-refractivity contribution in [3.8, 4) is 0 Å². The van der Waals surface area contributed by atoms with Crippen molar-refractivity contribution >= 4 is 10.1 Å². The molecule has 0 saturated carbocycles. The van der Waals surface area contributed by atoms with Gasteiger partial charge < -0.3 is 0 Å². The van der Waals surface area contributed by atoms with Gasteiger partial charge in [0.1, 0.15) is 0 Å². The van der Waals surface area contributed by atoms with Crippen LogP contribution in [0.3, 0.4) is 0 Å². The maximum Gasteiger partial charge on any atom is 2.00 e. The van der Waals surface area contributed by atoms with E-state index in [2.05, 4.69) is 0 Å². The largest absolute Gasteiger partial charge is 2.00 e. The first-order valence-electron chi connectivity index (χ1n) is 1.23. The molecule has 0 rings (SSSR count). The fraction of sp³-hybridized carbons (Fsp3) is 0. The predicted octanol–water partition coefficient (Wildman–Crippen LogP) is -9.89. The SMILES string of the molecule is [Be+2].[O-][Cl+3]([O-])([O-])[O-].[O-][Cl+3]([O-])([O-])[O-]. The number of hydrogen-bond donors (Lipinski definition) is 0. The summed E-state index contributed by atoms with van der Waals surface area (Å²) in [7, 11) is -9.89. The first-order valence-corrected chi connectivity index (χ1v) is 3.70. The Morgan fingerprint density at radius 2 is 0.455 bits per heavy atom. The zero-order valence-electron chi connectivity index (χ0n) is 4.73. The molecule has 11 heteroatoms. The molecular weight excluding hydrogens is 208 g/mol. The first-order chi connectivity index (χ1) is 4.00. The Balaban J connectivity index is -0.000000107. The summed E-state index contributed by atoms with van der Waals surface area (Å²) < 4.78 is 67.9. The second-order valence-electron chi connectivity index (χ2n) is 0.756. The van der Waals surface area contributed by atoms with Crippen molar-refractivity contribution in [3.05, 3.63) is 0 Å². The summed E-state index contributed by atoms with van der Waals surface area (Å²) in [6.07, 6.45) is 0. The molecule has 0 radical (unpaired) electrons. The fourth-order valence-corrected chi connectivity index (χ4v) is 0. The van der Waals surface area contributed by atoms with Crippen LogP contribution in [-0.2, 0) is 0 Å². The summed E-state index contributed by atoms with van der Waals surface area (Å²) in [6.45, 7) is 0. The molecule has 0 aliphatic carbocycles. The molecule has 0 aromatic rings. The third kappa shape index (κ3) is 4030. The zero-order valence-corrected chi connectivity index (χ0v) is 6.24. The van der Waals surface area contributed by atoms with E-state index in [1.54, 1.807) is 0 Å². The van der Waals surface area contributed by atoms with E-state index in [9.17, 15) is 0 Å². The number of rotatable bonds is 0. The van der Waals surface area contributed by atoms with E-state index in [1.807, 2.05) is 0 Å². The molecule has 0 heterocycles. The van der Waals surface area contributed by atoms with Crippen LogP contribution in [0.15, 0.2) is 0 Å². The van der Waals surface area contributed by atoms with Crippen molar-refractivity contribution in [1.82, 2.24) is 0 Å². The molecule has 0 N–H and O–H groups in total. The standard InChI is InChI=1S/Be.2ClHO4/c;2*2-1(3,4)5/h;2*(H,2,3,4,5)/q+2;;/p-2. The first kappa shape index (κ1) is 17.5. The molecule has 0 spiro atoms. The van der Waals surface area contributed by atoms with Crippen molar-refractivity contribution in [3.63, 3.8) is 0 Å². The van der Waals surface area contributed by atoms with E-state index in [0.717, 1.165) is 0 Å². The van der Waals surface area contributed by atoms with Crippen LogP contribution < -0.4 is 37.3 Å². The monoisotopic (exact) mass is 207 g/mol. The third-order valence-electron chi connectivity index (χ3n) is 0. The molecular formula is BeCl2O8. The van der Waals surface area contributed by atoms with Crippen LogP contribution >= 0.6 is 0 Å². The second kappa shape index (κ2) is 6.00. The minimum atomic E-state index is -4.94. The Bertz CT molecular complexity index is 55.1. The van der Waals surface area contributed by atoms with Crippen LogP contribution in [-0.4, -0.2) is 10.1 Å². The van der Waals surface area contributed by atoms with Gasteiger partial charge in [-0.15, -0.1) is 20.5 Å². The summed E-state index contributed by atoms with van der Waals surface area (Å²) in [5.41, 5.74) is 0. The molecule has 0 aromatic heterocycles. The van der Waals surface area contributed by atoms with Gasteiger partial charge in [-0.1, -0.05) is 0 Å². The van der Waals surface area contributed by atoms with Gasteiger partial charge in [0.05, 0.1) is 0 Å². The average Bonchev–Trinajstić information content (AvgIpc) is 1.12. The third-order valence-corrected chi connectivity index (χ3v) is 0. The van der Waals surface area contributed by atoms with Gasteiger partial charge in [-0.2, -0.15) is 0 Å².